The van der Waals surface area contributed by atoms with Crippen LogP contribution < -0.4 is 5.73 Å². The van der Waals surface area contributed by atoms with Gasteiger partial charge in [0.15, 0.2) is 0 Å². The van der Waals surface area contributed by atoms with Gasteiger partial charge in [0.05, 0.1) is 0 Å². The van der Waals surface area contributed by atoms with Crippen molar-refractivity contribution >= 4 is 27.7 Å². The van der Waals surface area contributed by atoms with Crippen LogP contribution >= 0.6 is 27.7 Å². The molecule has 2 rings (SSSR count). The Morgan fingerprint density at radius 3 is 2.72 bits per heavy atom. The van der Waals surface area contributed by atoms with Crippen LogP contribution in [0.3, 0.4) is 0 Å². The maximum absolute atomic E-state index is 6.17. The lowest BCUT2D eigenvalue weighted by Crippen LogP contribution is -2.26. The minimum absolute atomic E-state index is 0.159. The van der Waals surface area contributed by atoms with E-state index >= 15 is 0 Å². The maximum atomic E-state index is 6.17. The topological polar surface area (TPSA) is 35.2 Å². The Morgan fingerprint density at radius 1 is 1.39 bits per heavy atom. The third-order valence-electron chi connectivity index (χ3n) is 3.16. The van der Waals surface area contributed by atoms with Gasteiger partial charge < -0.3 is 10.5 Å². The number of ether oxygens (including phenoxy) is 1. The van der Waals surface area contributed by atoms with E-state index in [2.05, 4.69) is 47.1 Å². The fraction of sp³-hybridized carbons (Fsp3) is 0.571. The van der Waals surface area contributed by atoms with Crippen molar-refractivity contribution in [2.24, 2.45) is 5.73 Å². The molecule has 1 aliphatic heterocycles. The number of rotatable bonds is 4. The molecule has 0 bridgehead atoms. The molecule has 2 nitrogen and oxygen atoms in total. The molecular weight excluding hydrogens is 310 g/mol. The lowest BCUT2D eigenvalue weighted by Gasteiger charge is -2.28. The molecule has 1 heterocycles. The Morgan fingerprint density at radius 2 is 2.11 bits per heavy atom. The largest absolute Gasteiger partial charge is 0.381 e. The highest BCUT2D eigenvalue weighted by molar-refractivity contribution is 9.10. The minimum Gasteiger partial charge on any atom is -0.381 e. The van der Waals surface area contributed by atoms with Gasteiger partial charge in [-0.15, -0.1) is 11.8 Å². The smallest absolute Gasteiger partial charge is 0.0476 e. The van der Waals surface area contributed by atoms with Crippen LogP contribution in [0, 0.1) is 0 Å². The molecule has 2 N–H and O–H groups in total. The van der Waals surface area contributed by atoms with Crippen LogP contribution in [-0.2, 0) is 4.74 Å². The molecule has 0 amide bonds. The summed E-state index contributed by atoms with van der Waals surface area (Å²) in [5.41, 5.74) is 7.48. The lowest BCUT2D eigenvalue weighted by atomic mass is 10.1. The Hall–Kier alpha value is -0.0300. The maximum Gasteiger partial charge on any atom is 0.0476 e. The molecule has 0 aliphatic carbocycles. The molecule has 1 saturated heterocycles. The summed E-state index contributed by atoms with van der Waals surface area (Å²) < 4.78 is 6.54. The first-order valence-electron chi connectivity index (χ1n) is 6.41. The molecule has 2 atom stereocenters. The van der Waals surface area contributed by atoms with Gasteiger partial charge in [-0.25, -0.2) is 0 Å². The second-order valence-corrected chi connectivity index (χ2v) is 7.14. The van der Waals surface area contributed by atoms with Crippen LogP contribution in [0.4, 0.5) is 0 Å². The summed E-state index contributed by atoms with van der Waals surface area (Å²) in [6, 6.07) is 8.65. The molecule has 1 fully saturated rings. The highest BCUT2D eigenvalue weighted by atomic mass is 79.9. The molecule has 100 valence electrons. The molecule has 1 aromatic rings. The number of nitrogens with two attached hydrogens (primary N) is 1. The van der Waals surface area contributed by atoms with E-state index in [-0.39, 0.29) is 6.04 Å². The molecule has 0 aromatic heterocycles. The van der Waals surface area contributed by atoms with E-state index < -0.39 is 0 Å². The van der Waals surface area contributed by atoms with E-state index in [4.69, 9.17) is 10.5 Å². The summed E-state index contributed by atoms with van der Waals surface area (Å²) in [7, 11) is 0. The van der Waals surface area contributed by atoms with E-state index in [9.17, 15) is 0 Å². The van der Waals surface area contributed by atoms with Gasteiger partial charge in [0.25, 0.3) is 0 Å². The van der Waals surface area contributed by atoms with Gasteiger partial charge in [-0.2, -0.15) is 0 Å². The summed E-state index contributed by atoms with van der Waals surface area (Å²) in [6.07, 6.45) is 2.28. The average Bonchev–Trinajstić information content (AvgIpc) is 2.37. The van der Waals surface area contributed by atoms with Gasteiger partial charge >= 0.3 is 0 Å². The fourth-order valence-electron chi connectivity index (χ4n) is 2.21. The highest BCUT2D eigenvalue weighted by Crippen LogP contribution is 2.38. The van der Waals surface area contributed by atoms with Crippen molar-refractivity contribution in [2.45, 2.75) is 36.3 Å². The molecule has 18 heavy (non-hydrogen) atoms. The van der Waals surface area contributed by atoms with Crippen LogP contribution in [0.5, 0.6) is 0 Å². The lowest BCUT2D eigenvalue weighted by molar-refractivity contribution is 0.0999. The van der Waals surface area contributed by atoms with Crippen molar-refractivity contribution in [2.75, 3.05) is 13.2 Å². The molecular formula is C14H20BrNOS. The average molecular weight is 330 g/mol. The first-order valence-corrected chi connectivity index (χ1v) is 8.14. The van der Waals surface area contributed by atoms with Gasteiger partial charge in [0.1, 0.15) is 0 Å². The zero-order chi connectivity index (χ0) is 13.0. The van der Waals surface area contributed by atoms with Crippen molar-refractivity contribution < 1.29 is 4.74 Å². The van der Waals surface area contributed by atoms with E-state index in [1.807, 2.05) is 11.8 Å². The summed E-state index contributed by atoms with van der Waals surface area (Å²) in [4.78, 5) is 0. The molecule has 0 saturated carbocycles. The van der Waals surface area contributed by atoms with Crippen LogP contribution in [0.2, 0.25) is 0 Å². The van der Waals surface area contributed by atoms with Crippen molar-refractivity contribution in [1.82, 2.24) is 0 Å². The molecule has 1 aromatic carbocycles. The number of hydrogen-bond acceptors (Lipinski definition) is 3. The van der Waals surface area contributed by atoms with Gasteiger partial charge in [0, 0.05) is 34.2 Å². The zero-order valence-electron chi connectivity index (χ0n) is 10.6. The third-order valence-corrected chi connectivity index (χ3v) is 5.51. The Kier molecular flexibility index (Phi) is 5.55. The number of thioether (sulfide) groups is 1. The summed E-state index contributed by atoms with van der Waals surface area (Å²) in [5.74, 6) is 0. The van der Waals surface area contributed by atoms with E-state index in [0.29, 0.717) is 10.5 Å². The second-order valence-electron chi connectivity index (χ2n) is 4.78. The fourth-order valence-corrected chi connectivity index (χ4v) is 4.06. The predicted molar refractivity (Wildman–Crippen MR) is 82.0 cm³/mol. The molecule has 2 unspecified atom stereocenters. The van der Waals surface area contributed by atoms with Gasteiger partial charge in [-0.3, -0.25) is 0 Å². The first kappa shape index (κ1) is 14.4. The van der Waals surface area contributed by atoms with E-state index in [1.54, 1.807) is 0 Å². The zero-order valence-corrected chi connectivity index (χ0v) is 13.0. The quantitative estimate of drug-likeness (QED) is 0.913. The van der Waals surface area contributed by atoms with E-state index in [1.165, 1.54) is 5.56 Å². The third kappa shape index (κ3) is 3.98. The number of hydrogen-bond donors (Lipinski definition) is 1. The van der Waals surface area contributed by atoms with Crippen molar-refractivity contribution in [3.63, 3.8) is 0 Å². The SMILES string of the molecule is CC(N)C(SC1CCOCC1)c1cccc(Br)c1. The minimum atomic E-state index is 0.159. The number of benzene rings is 1. The number of halogens is 1. The molecule has 0 spiro atoms. The Labute approximate surface area is 122 Å². The van der Waals surface area contributed by atoms with Crippen molar-refractivity contribution in [3.05, 3.63) is 34.3 Å². The van der Waals surface area contributed by atoms with Gasteiger partial charge in [0.2, 0.25) is 0 Å². The van der Waals surface area contributed by atoms with Gasteiger partial charge in [-0.1, -0.05) is 28.1 Å². The molecule has 1 aliphatic rings. The monoisotopic (exact) mass is 329 g/mol. The summed E-state index contributed by atoms with van der Waals surface area (Å²) in [5, 5.41) is 1.04. The first-order chi connectivity index (χ1) is 8.66. The van der Waals surface area contributed by atoms with Crippen molar-refractivity contribution in [3.8, 4) is 0 Å². The van der Waals surface area contributed by atoms with E-state index in [0.717, 1.165) is 30.5 Å². The van der Waals surface area contributed by atoms with Crippen LogP contribution in [-0.4, -0.2) is 24.5 Å². The van der Waals surface area contributed by atoms with Crippen molar-refractivity contribution in [1.29, 1.82) is 0 Å². The van der Waals surface area contributed by atoms with Gasteiger partial charge in [-0.05, 0) is 37.5 Å². The van der Waals surface area contributed by atoms with Crippen LogP contribution in [0.15, 0.2) is 28.7 Å². The highest BCUT2D eigenvalue weighted by Gasteiger charge is 2.23. The predicted octanol–water partition coefficient (Wildman–Crippen LogP) is 3.75. The normalized spacial score (nSPS) is 20.6. The Balaban J connectivity index is 2.07. The Bertz CT molecular complexity index is 380. The molecule has 0 radical (unpaired) electrons. The second kappa shape index (κ2) is 6.94. The molecule has 4 heteroatoms. The standard InChI is InChI=1S/C14H20BrNOS/c1-10(16)14(11-3-2-4-12(15)9-11)18-13-5-7-17-8-6-13/h2-4,9-10,13-14H,5-8,16H2,1H3. The van der Waals surface area contributed by atoms with Crippen LogP contribution in [0.1, 0.15) is 30.6 Å². The summed E-state index contributed by atoms with van der Waals surface area (Å²) >= 11 is 5.54. The van der Waals surface area contributed by atoms with Crippen LogP contribution in [0.25, 0.3) is 0 Å². The summed E-state index contributed by atoms with van der Waals surface area (Å²) in [6.45, 7) is 3.88.